The van der Waals surface area contributed by atoms with Gasteiger partial charge < -0.3 is 5.32 Å². The largest absolute Gasteiger partial charge is 0.418 e. The molecule has 1 saturated carbocycles. The number of rotatable bonds is 5. The van der Waals surface area contributed by atoms with Gasteiger partial charge in [0.2, 0.25) is 5.91 Å². The number of hydrogen-bond acceptors (Lipinski definition) is 3. The molecular formula is C21H19F3N2O3S. The second kappa shape index (κ2) is 7.46. The van der Waals surface area contributed by atoms with E-state index in [0.29, 0.717) is 19.3 Å². The van der Waals surface area contributed by atoms with Crippen molar-refractivity contribution in [1.29, 1.82) is 0 Å². The molecule has 0 bridgehead atoms. The molecule has 0 spiro atoms. The maximum Gasteiger partial charge on any atom is 0.418 e. The van der Waals surface area contributed by atoms with Crippen LogP contribution in [0.25, 0.3) is 6.08 Å². The molecule has 2 aliphatic carbocycles. The van der Waals surface area contributed by atoms with Crippen molar-refractivity contribution >= 4 is 33.4 Å². The average Bonchev–Trinajstić information content (AvgIpc) is 3.53. The zero-order chi connectivity index (χ0) is 21.5. The first-order chi connectivity index (χ1) is 14.1. The highest BCUT2D eigenvalue weighted by Crippen LogP contribution is 2.39. The fourth-order valence-electron chi connectivity index (χ4n) is 3.36. The summed E-state index contributed by atoms with van der Waals surface area (Å²) in [4.78, 5) is 11.9. The van der Waals surface area contributed by atoms with Gasteiger partial charge in [0.1, 0.15) is 0 Å². The molecule has 2 N–H and O–H groups in total. The molecule has 1 fully saturated rings. The van der Waals surface area contributed by atoms with Crippen LogP contribution in [-0.4, -0.2) is 14.3 Å². The minimum atomic E-state index is -4.80. The van der Waals surface area contributed by atoms with E-state index >= 15 is 0 Å². The highest BCUT2D eigenvalue weighted by molar-refractivity contribution is 7.96. The third kappa shape index (κ3) is 4.35. The van der Waals surface area contributed by atoms with Gasteiger partial charge in [0.05, 0.1) is 16.2 Å². The minimum Gasteiger partial charge on any atom is -0.326 e. The molecule has 2 aliphatic rings. The first-order valence-corrected chi connectivity index (χ1v) is 11.0. The van der Waals surface area contributed by atoms with E-state index in [1.54, 1.807) is 12.1 Å². The summed E-state index contributed by atoms with van der Waals surface area (Å²) >= 11 is 0. The van der Waals surface area contributed by atoms with Gasteiger partial charge in [0, 0.05) is 11.6 Å². The Morgan fingerprint density at radius 3 is 2.47 bits per heavy atom. The van der Waals surface area contributed by atoms with Crippen LogP contribution >= 0.6 is 0 Å². The van der Waals surface area contributed by atoms with Crippen molar-refractivity contribution in [3.05, 3.63) is 64.1 Å². The summed E-state index contributed by atoms with van der Waals surface area (Å²) in [6, 6.07) is 10.3. The number of nitrogens with one attached hydrogen (secondary N) is 2. The number of carbonyl (C=O) groups excluding carboxylic acids is 1. The van der Waals surface area contributed by atoms with Gasteiger partial charge in [-0.05, 0) is 61.1 Å². The summed E-state index contributed by atoms with van der Waals surface area (Å²) in [6.07, 6.45) is -1.20. The number of halogens is 3. The van der Waals surface area contributed by atoms with E-state index < -0.39 is 27.5 Å². The molecule has 5 nitrogen and oxygen atoms in total. The summed E-state index contributed by atoms with van der Waals surface area (Å²) < 4.78 is 68.4. The van der Waals surface area contributed by atoms with E-state index in [-0.39, 0.29) is 28.8 Å². The fourth-order valence-corrected chi connectivity index (χ4v) is 4.62. The summed E-state index contributed by atoms with van der Waals surface area (Å²) in [5, 5.41) is 2.45. The zero-order valence-corrected chi connectivity index (χ0v) is 16.6. The summed E-state index contributed by atoms with van der Waals surface area (Å²) in [5.74, 6) is -0.499. The standard InChI is InChI=1S/C21H19F3N2O3S/c22-21(23,24)18-12-16(25-20(27)14-5-6-14)8-10-19(18)26-30(28,29)17-9-7-13-3-1-2-4-15(13)11-17/h1-4,8,10-12,14,26H,5-7,9H2,(H,25,27). The molecule has 0 heterocycles. The Morgan fingerprint density at radius 2 is 1.77 bits per heavy atom. The van der Waals surface area contributed by atoms with Crippen LogP contribution in [0, 0.1) is 5.92 Å². The first kappa shape index (κ1) is 20.5. The lowest BCUT2D eigenvalue weighted by Gasteiger charge is -2.20. The first-order valence-electron chi connectivity index (χ1n) is 9.47. The molecule has 0 aromatic heterocycles. The molecule has 2 aromatic rings. The maximum atomic E-state index is 13.6. The lowest BCUT2D eigenvalue weighted by atomic mass is 9.98. The van der Waals surface area contributed by atoms with Gasteiger partial charge in [-0.15, -0.1) is 0 Å². The van der Waals surface area contributed by atoms with Crippen LogP contribution in [0.5, 0.6) is 0 Å². The molecule has 9 heteroatoms. The Kier molecular flexibility index (Phi) is 5.09. The van der Waals surface area contributed by atoms with Crippen LogP contribution < -0.4 is 10.0 Å². The highest BCUT2D eigenvalue weighted by Gasteiger charge is 2.36. The van der Waals surface area contributed by atoms with Gasteiger partial charge in [-0.3, -0.25) is 9.52 Å². The number of sulfonamides is 1. The van der Waals surface area contributed by atoms with Crippen LogP contribution in [0.4, 0.5) is 24.5 Å². The van der Waals surface area contributed by atoms with Crippen molar-refractivity contribution in [3.63, 3.8) is 0 Å². The number of anilines is 2. The molecule has 30 heavy (non-hydrogen) atoms. The molecule has 0 aliphatic heterocycles. The zero-order valence-electron chi connectivity index (χ0n) is 15.8. The topological polar surface area (TPSA) is 75.3 Å². The maximum absolute atomic E-state index is 13.6. The second-order valence-electron chi connectivity index (χ2n) is 7.44. The molecule has 4 rings (SSSR count). The third-order valence-corrected chi connectivity index (χ3v) is 6.64. The van der Waals surface area contributed by atoms with Crippen LogP contribution in [0.3, 0.4) is 0 Å². The van der Waals surface area contributed by atoms with Crippen molar-refractivity contribution in [2.45, 2.75) is 31.9 Å². The molecule has 0 atom stereocenters. The lowest BCUT2D eigenvalue weighted by molar-refractivity contribution is -0.136. The Hall–Kier alpha value is -2.81. The molecular weight excluding hydrogens is 417 g/mol. The lowest BCUT2D eigenvalue weighted by Crippen LogP contribution is -2.21. The van der Waals surface area contributed by atoms with Gasteiger partial charge in [-0.2, -0.15) is 13.2 Å². The van der Waals surface area contributed by atoms with E-state index in [1.807, 2.05) is 12.1 Å². The minimum absolute atomic E-state index is 0.0204. The van der Waals surface area contributed by atoms with Crippen LogP contribution in [0.2, 0.25) is 0 Å². The molecule has 0 saturated heterocycles. The quantitative estimate of drug-likeness (QED) is 0.708. The van der Waals surface area contributed by atoms with Gasteiger partial charge in [0.15, 0.2) is 0 Å². The molecule has 1 amide bonds. The van der Waals surface area contributed by atoms with Crippen molar-refractivity contribution in [3.8, 4) is 0 Å². The molecule has 0 unspecified atom stereocenters. The predicted octanol–water partition coefficient (Wildman–Crippen LogP) is 4.78. The monoisotopic (exact) mass is 436 g/mol. The van der Waals surface area contributed by atoms with E-state index in [0.717, 1.165) is 23.3 Å². The van der Waals surface area contributed by atoms with E-state index in [4.69, 9.17) is 0 Å². The molecule has 0 radical (unpaired) electrons. The number of fused-ring (bicyclic) bond motifs is 1. The van der Waals surface area contributed by atoms with Gasteiger partial charge in [0.25, 0.3) is 10.0 Å². The Bertz CT molecular complexity index is 1140. The number of hydrogen-bond donors (Lipinski definition) is 2. The summed E-state index contributed by atoms with van der Waals surface area (Å²) in [7, 11) is -4.18. The number of benzene rings is 2. The van der Waals surface area contributed by atoms with E-state index in [1.165, 1.54) is 12.1 Å². The van der Waals surface area contributed by atoms with Crippen molar-refractivity contribution in [2.75, 3.05) is 10.0 Å². The Morgan fingerprint density at radius 1 is 1.03 bits per heavy atom. The molecule has 158 valence electrons. The third-order valence-electron chi connectivity index (χ3n) is 5.14. The van der Waals surface area contributed by atoms with E-state index in [9.17, 15) is 26.4 Å². The Labute approximate surface area is 172 Å². The van der Waals surface area contributed by atoms with Crippen molar-refractivity contribution in [2.24, 2.45) is 5.92 Å². The molecule has 2 aromatic carbocycles. The van der Waals surface area contributed by atoms with Gasteiger partial charge in [-0.1, -0.05) is 24.3 Å². The van der Waals surface area contributed by atoms with Crippen LogP contribution in [-0.2, 0) is 27.4 Å². The van der Waals surface area contributed by atoms with Crippen molar-refractivity contribution < 1.29 is 26.4 Å². The van der Waals surface area contributed by atoms with Gasteiger partial charge in [-0.25, -0.2) is 8.42 Å². The summed E-state index contributed by atoms with van der Waals surface area (Å²) in [6.45, 7) is 0. The summed E-state index contributed by atoms with van der Waals surface area (Å²) in [5.41, 5.74) is -0.0300. The van der Waals surface area contributed by atoms with Gasteiger partial charge >= 0.3 is 6.18 Å². The van der Waals surface area contributed by atoms with Crippen LogP contribution in [0.15, 0.2) is 47.4 Å². The second-order valence-corrected chi connectivity index (χ2v) is 9.17. The SMILES string of the molecule is O=C(Nc1ccc(NS(=O)(=O)C2=Cc3ccccc3CC2)c(C(F)(F)F)c1)C1CC1. The predicted molar refractivity (Wildman–Crippen MR) is 108 cm³/mol. The number of alkyl halides is 3. The number of aryl methyl sites for hydroxylation is 1. The number of carbonyl (C=O) groups is 1. The number of amides is 1. The average molecular weight is 436 g/mol. The van der Waals surface area contributed by atoms with E-state index in [2.05, 4.69) is 10.0 Å². The highest BCUT2D eigenvalue weighted by atomic mass is 32.2. The fraction of sp³-hybridized carbons (Fsp3) is 0.286. The normalized spacial score (nSPS) is 16.4. The van der Waals surface area contributed by atoms with Crippen LogP contribution in [0.1, 0.15) is 36.0 Å². The smallest absolute Gasteiger partial charge is 0.326 e. The number of allylic oxidation sites excluding steroid dienone is 1. The Balaban J connectivity index is 1.63. The van der Waals surface area contributed by atoms with Crippen molar-refractivity contribution in [1.82, 2.24) is 0 Å².